The Labute approximate surface area is 107 Å². The maximum absolute atomic E-state index is 10.1. The minimum Gasteiger partial charge on any atom is -0.480 e. The number of hydrogen-bond donors (Lipinski definition) is 1. The summed E-state index contributed by atoms with van der Waals surface area (Å²) < 4.78 is 15.1. The van der Waals surface area contributed by atoms with Crippen LogP contribution in [0.1, 0.15) is 25.1 Å². The average molecular weight is 256 g/mol. The topological polar surface area (TPSA) is 73.7 Å². The highest BCUT2D eigenvalue weighted by Gasteiger charge is 2.19. The summed E-state index contributed by atoms with van der Waals surface area (Å²) in [5.74, 6) is 0.859. The van der Waals surface area contributed by atoms with E-state index in [1.807, 2.05) is 6.92 Å². The van der Waals surface area contributed by atoms with Gasteiger partial charge in [-0.25, -0.2) is 4.98 Å². The van der Waals surface area contributed by atoms with Gasteiger partial charge in [0.1, 0.15) is 11.8 Å². The SMILES string of the molecule is COCC(C)CC(O)c1ncc(OC)nc1OC. The Morgan fingerprint density at radius 1 is 1.28 bits per heavy atom. The molecule has 2 atom stereocenters. The van der Waals surface area contributed by atoms with Crippen molar-refractivity contribution >= 4 is 0 Å². The predicted octanol–water partition coefficient (Wildman–Crippen LogP) is 1.20. The Balaban J connectivity index is 2.81. The van der Waals surface area contributed by atoms with E-state index >= 15 is 0 Å². The first-order valence-corrected chi connectivity index (χ1v) is 5.74. The maximum atomic E-state index is 10.1. The Kier molecular flexibility index (Phi) is 5.80. The fourth-order valence-corrected chi connectivity index (χ4v) is 1.69. The van der Waals surface area contributed by atoms with Crippen molar-refractivity contribution in [1.82, 2.24) is 9.97 Å². The highest BCUT2D eigenvalue weighted by molar-refractivity contribution is 5.24. The molecule has 1 N–H and O–H groups in total. The van der Waals surface area contributed by atoms with Gasteiger partial charge in [0, 0.05) is 13.7 Å². The first-order chi connectivity index (χ1) is 8.62. The fraction of sp³-hybridized carbons (Fsp3) is 0.667. The molecule has 0 aliphatic rings. The summed E-state index contributed by atoms with van der Waals surface area (Å²) in [4.78, 5) is 8.22. The molecule has 1 heterocycles. The number of ether oxygens (including phenoxy) is 3. The van der Waals surface area contributed by atoms with Gasteiger partial charge >= 0.3 is 0 Å². The third kappa shape index (κ3) is 3.82. The molecular formula is C12H20N2O4. The molecule has 1 aromatic heterocycles. The van der Waals surface area contributed by atoms with Crippen LogP contribution in [-0.4, -0.2) is 43.0 Å². The van der Waals surface area contributed by atoms with Gasteiger partial charge in [-0.05, 0) is 12.3 Å². The minimum absolute atomic E-state index is 0.221. The van der Waals surface area contributed by atoms with E-state index in [4.69, 9.17) is 14.2 Å². The molecule has 1 rings (SSSR count). The highest BCUT2D eigenvalue weighted by atomic mass is 16.5. The molecule has 2 unspecified atom stereocenters. The lowest BCUT2D eigenvalue weighted by Gasteiger charge is -2.17. The standard InChI is InChI=1S/C12H20N2O4/c1-8(7-16-2)5-9(15)11-12(18-4)14-10(17-3)6-13-11/h6,8-9,15H,5,7H2,1-4H3. The number of aromatic nitrogens is 2. The smallest absolute Gasteiger partial charge is 0.241 e. The lowest BCUT2D eigenvalue weighted by molar-refractivity contribution is 0.0971. The van der Waals surface area contributed by atoms with Crippen molar-refractivity contribution in [3.8, 4) is 11.8 Å². The van der Waals surface area contributed by atoms with E-state index in [0.717, 1.165) is 0 Å². The Morgan fingerprint density at radius 3 is 2.56 bits per heavy atom. The molecule has 0 saturated heterocycles. The van der Waals surface area contributed by atoms with Gasteiger partial charge in [-0.3, -0.25) is 0 Å². The molecule has 0 aliphatic heterocycles. The molecule has 0 amide bonds. The van der Waals surface area contributed by atoms with Crippen LogP contribution in [0, 0.1) is 5.92 Å². The third-order valence-corrected chi connectivity index (χ3v) is 2.54. The largest absolute Gasteiger partial charge is 0.480 e. The molecule has 0 aromatic carbocycles. The van der Waals surface area contributed by atoms with Crippen molar-refractivity contribution in [2.45, 2.75) is 19.4 Å². The van der Waals surface area contributed by atoms with Crippen molar-refractivity contribution in [3.63, 3.8) is 0 Å². The van der Waals surface area contributed by atoms with E-state index in [1.54, 1.807) is 7.11 Å². The van der Waals surface area contributed by atoms with Gasteiger partial charge in [0.05, 0.1) is 20.4 Å². The van der Waals surface area contributed by atoms with Crippen LogP contribution in [0.15, 0.2) is 6.20 Å². The number of hydrogen-bond acceptors (Lipinski definition) is 6. The second kappa shape index (κ2) is 7.13. The summed E-state index contributed by atoms with van der Waals surface area (Å²) >= 11 is 0. The summed E-state index contributed by atoms with van der Waals surface area (Å²) in [7, 11) is 4.62. The normalized spacial score (nSPS) is 14.1. The third-order valence-electron chi connectivity index (χ3n) is 2.54. The molecule has 6 nitrogen and oxygen atoms in total. The Bertz CT molecular complexity index is 373. The van der Waals surface area contributed by atoms with E-state index in [1.165, 1.54) is 20.4 Å². The molecule has 6 heteroatoms. The lowest BCUT2D eigenvalue weighted by Crippen LogP contribution is -2.12. The van der Waals surface area contributed by atoms with Crippen molar-refractivity contribution in [3.05, 3.63) is 11.9 Å². The van der Waals surface area contributed by atoms with E-state index in [9.17, 15) is 5.11 Å². The van der Waals surface area contributed by atoms with Crippen LogP contribution in [0.25, 0.3) is 0 Å². The van der Waals surface area contributed by atoms with E-state index in [-0.39, 0.29) is 11.8 Å². The molecule has 102 valence electrons. The van der Waals surface area contributed by atoms with Crippen LogP contribution in [0.4, 0.5) is 0 Å². The summed E-state index contributed by atoms with van der Waals surface area (Å²) in [6, 6.07) is 0. The molecule has 1 aromatic rings. The first-order valence-electron chi connectivity index (χ1n) is 5.74. The predicted molar refractivity (Wildman–Crippen MR) is 65.8 cm³/mol. The van der Waals surface area contributed by atoms with Crippen LogP contribution < -0.4 is 9.47 Å². The van der Waals surface area contributed by atoms with Gasteiger partial charge < -0.3 is 19.3 Å². The van der Waals surface area contributed by atoms with E-state index < -0.39 is 6.10 Å². The zero-order chi connectivity index (χ0) is 13.5. The van der Waals surface area contributed by atoms with Gasteiger partial charge in [-0.1, -0.05) is 6.92 Å². The van der Waals surface area contributed by atoms with Crippen molar-refractivity contribution in [2.75, 3.05) is 27.9 Å². The first kappa shape index (κ1) is 14.7. The van der Waals surface area contributed by atoms with Crippen LogP contribution >= 0.6 is 0 Å². The van der Waals surface area contributed by atoms with Crippen LogP contribution in [0.3, 0.4) is 0 Å². The lowest BCUT2D eigenvalue weighted by atomic mass is 10.0. The minimum atomic E-state index is -0.733. The summed E-state index contributed by atoms with van der Waals surface area (Å²) in [5.41, 5.74) is 0.418. The van der Waals surface area contributed by atoms with Crippen molar-refractivity contribution in [2.24, 2.45) is 5.92 Å². The molecule has 0 saturated carbocycles. The number of methoxy groups -OCH3 is 3. The number of aliphatic hydroxyl groups excluding tert-OH is 1. The van der Waals surface area contributed by atoms with Crippen LogP contribution in [0.5, 0.6) is 11.8 Å². The molecular weight excluding hydrogens is 236 g/mol. The molecule has 0 fully saturated rings. The van der Waals surface area contributed by atoms with Crippen molar-refractivity contribution in [1.29, 1.82) is 0 Å². The Hall–Kier alpha value is -1.40. The van der Waals surface area contributed by atoms with Gasteiger partial charge in [-0.2, -0.15) is 4.98 Å². The second-order valence-corrected chi connectivity index (χ2v) is 4.12. The highest BCUT2D eigenvalue weighted by Crippen LogP contribution is 2.27. The fourth-order valence-electron chi connectivity index (χ4n) is 1.69. The van der Waals surface area contributed by atoms with Gasteiger partial charge in [-0.15, -0.1) is 0 Å². The van der Waals surface area contributed by atoms with Crippen LogP contribution in [0.2, 0.25) is 0 Å². The van der Waals surface area contributed by atoms with Crippen LogP contribution in [-0.2, 0) is 4.74 Å². The van der Waals surface area contributed by atoms with Gasteiger partial charge in [0.2, 0.25) is 11.8 Å². The van der Waals surface area contributed by atoms with E-state index in [2.05, 4.69) is 9.97 Å². The monoisotopic (exact) mass is 256 g/mol. The van der Waals surface area contributed by atoms with Gasteiger partial charge in [0.15, 0.2) is 0 Å². The van der Waals surface area contributed by atoms with E-state index in [0.29, 0.717) is 24.6 Å². The molecule has 0 spiro atoms. The summed E-state index contributed by atoms with van der Waals surface area (Å²) in [6.45, 7) is 2.58. The number of nitrogens with zero attached hydrogens (tertiary/aromatic N) is 2. The zero-order valence-corrected chi connectivity index (χ0v) is 11.2. The van der Waals surface area contributed by atoms with Gasteiger partial charge in [0.25, 0.3) is 0 Å². The quantitative estimate of drug-likeness (QED) is 0.790. The maximum Gasteiger partial charge on any atom is 0.241 e. The molecule has 18 heavy (non-hydrogen) atoms. The average Bonchev–Trinajstić information content (AvgIpc) is 2.38. The Morgan fingerprint density at radius 2 is 2.00 bits per heavy atom. The zero-order valence-electron chi connectivity index (χ0n) is 11.2. The number of rotatable bonds is 7. The number of aliphatic hydroxyl groups is 1. The molecule has 0 radical (unpaired) electrons. The second-order valence-electron chi connectivity index (χ2n) is 4.12. The molecule has 0 aliphatic carbocycles. The summed E-state index contributed by atoms with van der Waals surface area (Å²) in [6.07, 6.45) is 1.26. The molecule has 0 bridgehead atoms. The summed E-state index contributed by atoms with van der Waals surface area (Å²) in [5, 5.41) is 10.1. The van der Waals surface area contributed by atoms with Crippen molar-refractivity contribution < 1.29 is 19.3 Å².